The summed E-state index contributed by atoms with van der Waals surface area (Å²) in [6.07, 6.45) is -3.20. The minimum Gasteiger partial charge on any atom is -0.467 e. The highest BCUT2D eigenvalue weighted by Crippen LogP contribution is 2.27. The second-order valence-corrected chi connectivity index (χ2v) is 5.89. The van der Waals surface area contributed by atoms with Crippen LogP contribution in [0, 0.1) is 13.8 Å². The number of alkyl halides is 3. The van der Waals surface area contributed by atoms with Gasteiger partial charge in [-0.3, -0.25) is 4.79 Å². The largest absolute Gasteiger partial charge is 0.467 e. The first-order valence-electron chi connectivity index (χ1n) is 7.79. The first-order valence-corrected chi connectivity index (χ1v) is 7.79. The maximum absolute atomic E-state index is 12.8. The molecule has 3 aromatic heterocycles. The number of hydrogen-bond donors (Lipinski definition) is 1. The highest BCUT2D eigenvalue weighted by atomic mass is 19.4. The van der Waals surface area contributed by atoms with Crippen molar-refractivity contribution in [3.8, 4) is 0 Å². The zero-order valence-electron chi connectivity index (χ0n) is 14.3. The van der Waals surface area contributed by atoms with Gasteiger partial charge in [0.1, 0.15) is 5.76 Å². The van der Waals surface area contributed by atoms with Crippen molar-refractivity contribution in [2.45, 2.75) is 39.4 Å². The van der Waals surface area contributed by atoms with Gasteiger partial charge < -0.3 is 9.73 Å². The van der Waals surface area contributed by atoms with E-state index in [1.807, 2.05) is 0 Å². The van der Waals surface area contributed by atoms with Crippen LogP contribution in [0.15, 0.2) is 22.8 Å². The predicted octanol–water partition coefficient (Wildman–Crippen LogP) is 2.77. The van der Waals surface area contributed by atoms with Crippen LogP contribution >= 0.6 is 0 Å². The highest BCUT2D eigenvalue weighted by molar-refractivity contribution is 5.79. The van der Waals surface area contributed by atoms with Gasteiger partial charge in [0.15, 0.2) is 0 Å². The summed E-state index contributed by atoms with van der Waals surface area (Å²) >= 11 is 0. The Morgan fingerprint density at radius 2 is 2.08 bits per heavy atom. The lowest BCUT2D eigenvalue weighted by Gasteiger charge is -2.13. The molecule has 1 atom stereocenters. The van der Waals surface area contributed by atoms with Crippen molar-refractivity contribution in [3.05, 3.63) is 46.9 Å². The SMILES string of the molecule is Cc1nc2nc(C(F)(F)F)nn2c(C)c1CC(=O)N[C@@H](C)c1ccco1. The third-order valence-corrected chi connectivity index (χ3v) is 3.99. The predicted molar refractivity (Wildman–Crippen MR) is 84.2 cm³/mol. The number of aryl methyl sites for hydroxylation is 2. The Hall–Kier alpha value is -2.91. The standard InChI is InChI=1S/C16H16F3N5O2/c1-8-11(7-13(25)20-9(2)12-5-4-6-26-12)10(3)24-15(21-8)22-14(23-24)16(17,18)19/h4-6,9H,7H2,1-3H3,(H,20,25)/t9-/m0/s1. The molecule has 1 amide bonds. The molecule has 0 aromatic carbocycles. The lowest BCUT2D eigenvalue weighted by atomic mass is 10.1. The molecular formula is C16H16F3N5O2. The number of nitrogens with zero attached hydrogens (tertiary/aromatic N) is 4. The molecule has 0 aliphatic heterocycles. The average molecular weight is 367 g/mol. The third kappa shape index (κ3) is 3.39. The van der Waals surface area contributed by atoms with E-state index in [4.69, 9.17) is 4.42 Å². The van der Waals surface area contributed by atoms with Crippen molar-refractivity contribution < 1.29 is 22.4 Å². The Morgan fingerprint density at radius 1 is 1.35 bits per heavy atom. The zero-order chi connectivity index (χ0) is 19.1. The van der Waals surface area contributed by atoms with Crippen LogP contribution < -0.4 is 5.32 Å². The zero-order valence-corrected chi connectivity index (χ0v) is 14.3. The van der Waals surface area contributed by atoms with E-state index in [2.05, 4.69) is 20.4 Å². The quantitative estimate of drug-likeness (QED) is 0.766. The fraction of sp³-hybridized carbons (Fsp3) is 0.375. The molecular weight excluding hydrogens is 351 g/mol. The third-order valence-electron chi connectivity index (χ3n) is 3.99. The number of halogens is 3. The molecule has 0 fully saturated rings. The number of fused-ring (bicyclic) bond motifs is 1. The van der Waals surface area contributed by atoms with E-state index in [9.17, 15) is 18.0 Å². The number of carbonyl (C=O) groups is 1. The smallest absolute Gasteiger partial charge is 0.453 e. The Bertz CT molecular complexity index is 947. The van der Waals surface area contributed by atoms with Gasteiger partial charge in [-0.25, -0.2) is 9.50 Å². The van der Waals surface area contributed by atoms with Crippen LogP contribution in [0.5, 0.6) is 0 Å². The van der Waals surface area contributed by atoms with Gasteiger partial charge >= 0.3 is 6.18 Å². The summed E-state index contributed by atoms with van der Waals surface area (Å²) in [6, 6.07) is 3.12. The lowest BCUT2D eigenvalue weighted by Crippen LogP contribution is -2.28. The van der Waals surface area contributed by atoms with Crippen molar-refractivity contribution >= 4 is 11.7 Å². The molecule has 0 aliphatic rings. The molecule has 138 valence electrons. The minimum absolute atomic E-state index is 0.0487. The number of nitrogens with one attached hydrogen (secondary N) is 1. The number of furan rings is 1. The van der Waals surface area contributed by atoms with Crippen LogP contribution in [0.1, 0.15) is 41.5 Å². The van der Waals surface area contributed by atoms with Gasteiger partial charge in [-0.1, -0.05) is 0 Å². The maximum Gasteiger partial charge on any atom is 0.453 e. The van der Waals surface area contributed by atoms with E-state index in [0.717, 1.165) is 4.52 Å². The van der Waals surface area contributed by atoms with Crippen molar-refractivity contribution in [1.82, 2.24) is 24.9 Å². The number of hydrogen-bond acceptors (Lipinski definition) is 5. The van der Waals surface area contributed by atoms with E-state index in [1.165, 1.54) is 6.26 Å². The summed E-state index contributed by atoms with van der Waals surface area (Å²) in [6.45, 7) is 4.97. The fourth-order valence-electron chi connectivity index (χ4n) is 2.65. The van der Waals surface area contributed by atoms with Crippen LogP contribution in [-0.2, 0) is 17.4 Å². The molecule has 3 aromatic rings. The monoisotopic (exact) mass is 367 g/mol. The summed E-state index contributed by atoms with van der Waals surface area (Å²) in [5.74, 6) is -1.12. The van der Waals surface area contributed by atoms with Crippen molar-refractivity contribution in [2.24, 2.45) is 0 Å². The van der Waals surface area contributed by atoms with Crippen LogP contribution in [-0.4, -0.2) is 25.5 Å². The molecule has 3 rings (SSSR count). The Kier molecular flexibility index (Phi) is 4.43. The van der Waals surface area contributed by atoms with Gasteiger partial charge in [-0.05, 0) is 32.9 Å². The molecule has 0 saturated carbocycles. The van der Waals surface area contributed by atoms with E-state index < -0.39 is 12.0 Å². The molecule has 0 spiro atoms. The lowest BCUT2D eigenvalue weighted by molar-refractivity contribution is -0.144. The van der Waals surface area contributed by atoms with Crippen molar-refractivity contribution in [1.29, 1.82) is 0 Å². The molecule has 0 bridgehead atoms. The van der Waals surface area contributed by atoms with Gasteiger partial charge in [-0.2, -0.15) is 18.2 Å². The van der Waals surface area contributed by atoms with Crippen LogP contribution in [0.25, 0.3) is 5.78 Å². The maximum atomic E-state index is 12.8. The van der Waals surface area contributed by atoms with Gasteiger partial charge in [0.05, 0.1) is 18.7 Å². The molecule has 0 aliphatic carbocycles. The average Bonchev–Trinajstić information content (AvgIpc) is 3.20. The summed E-state index contributed by atoms with van der Waals surface area (Å²) in [4.78, 5) is 19.8. The van der Waals surface area contributed by atoms with Crippen LogP contribution in [0.2, 0.25) is 0 Å². The molecule has 0 saturated heterocycles. The number of amides is 1. The van der Waals surface area contributed by atoms with Gasteiger partial charge in [0.25, 0.3) is 11.6 Å². The number of carbonyl (C=O) groups excluding carboxylic acids is 1. The summed E-state index contributed by atoms with van der Waals surface area (Å²) in [5, 5.41) is 6.24. The fourth-order valence-corrected chi connectivity index (χ4v) is 2.65. The topological polar surface area (TPSA) is 85.3 Å². The molecule has 26 heavy (non-hydrogen) atoms. The Labute approximate surface area is 146 Å². The number of rotatable bonds is 4. The second-order valence-electron chi connectivity index (χ2n) is 5.89. The highest BCUT2D eigenvalue weighted by Gasteiger charge is 2.37. The molecule has 7 nitrogen and oxygen atoms in total. The second kappa shape index (κ2) is 6.43. The Morgan fingerprint density at radius 3 is 2.69 bits per heavy atom. The molecule has 0 unspecified atom stereocenters. The first-order chi connectivity index (χ1) is 12.2. The van der Waals surface area contributed by atoms with E-state index >= 15 is 0 Å². The summed E-state index contributed by atoms with van der Waals surface area (Å²) in [7, 11) is 0. The molecule has 3 heterocycles. The van der Waals surface area contributed by atoms with Gasteiger partial charge in [-0.15, -0.1) is 5.10 Å². The first kappa shape index (κ1) is 17.9. The Balaban J connectivity index is 1.86. The van der Waals surface area contributed by atoms with Crippen LogP contribution in [0.4, 0.5) is 13.2 Å². The molecule has 0 radical (unpaired) electrons. The normalized spacial score (nSPS) is 13.2. The van der Waals surface area contributed by atoms with E-state index in [-0.39, 0.29) is 24.1 Å². The minimum atomic E-state index is -4.66. The van der Waals surface area contributed by atoms with Gasteiger partial charge in [0, 0.05) is 17.0 Å². The number of aromatic nitrogens is 4. The molecule has 1 N–H and O–H groups in total. The summed E-state index contributed by atoms with van der Waals surface area (Å²) < 4.78 is 44.7. The van der Waals surface area contributed by atoms with Gasteiger partial charge in [0.2, 0.25) is 5.91 Å². The molecule has 10 heteroatoms. The van der Waals surface area contributed by atoms with E-state index in [0.29, 0.717) is 22.7 Å². The van der Waals surface area contributed by atoms with Crippen molar-refractivity contribution in [3.63, 3.8) is 0 Å². The van der Waals surface area contributed by atoms with Crippen molar-refractivity contribution in [2.75, 3.05) is 0 Å². The van der Waals surface area contributed by atoms with E-state index in [1.54, 1.807) is 32.9 Å². The summed E-state index contributed by atoms with van der Waals surface area (Å²) in [5.41, 5.74) is 1.31. The van der Waals surface area contributed by atoms with Crippen LogP contribution in [0.3, 0.4) is 0 Å².